The van der Waals surface area contributed by atoms with Crippen LogP contribution in [0.3, 0.4) is 0 Å². The highest BCUT2D eigenvalue weighted by molar-refractivity contribution is 6.06. The summed E-state index contributed by atoms with van der Waals surface area (Å²) in [4.78, 5) is 15.1. The van der Waals surface area contributed by atoms with E-state index in [-0.39, 0.29) is 5.91 Å². The number of hydrogen-bond acceptors (Lipinski definition) is 3. The second-order valence-electron chi connectivity index (χ2n) is 6.52. The molecular weight excluding hydrogens is 336 g/mol. The lowest BCUT2D eigenvalue weighted by molar-refractivity contribution is 0.102. The van der Waals surface area contributed by atoms with Crippen molar-refractivity contribution in [2.24, 2.45) is 0 Å². The zero-order chi connectivity index (χ0) is 18.5. The normalized spacial score (nSPS) is 14.0. The molecule has 1 fully saturated rings. The number of nitrogens with one attached hydrogen (secondary N) is 1. The minimum atomic E-state index is -0.103. The molecule has 1 heterocycles. The van der Waals surface area contributed by atoms with Crippen molar-refractivity contribution < 1.29 is 9.53 Å². The van der Waals surface area contributed by atoms with Crippen molar-refractivity contribution in [3.63, 3.8) is 0 Å². The molecule has 0 aromatic heterocycles. The number of hydrogen-bond donors (Lipinski definition) is 1. The molecule has 0 saturated carbocycles. The van der Waals surface area contributed by atoms with Gasteiger partial charge in [0.05, 0.1) is 24.6 Å². The highest BCUT2D eigenvalue weighted by atomic mass is 16.5. The summed E-state index contributed by atoms with van der Waals surface area (Å²) in [5.74, 6) is -0.103. The first-order valence-corrected chi connectivity index (χ1v) is 9.20. The maximum Gasteiger partial charge on any atom is 0.255 e. The van der Waals surface area contributed by atoms with Gasteiger partial charge in [-0.25, -0.2) is 0 Å². The molecule has 27 heavy (non-hydrogen) atoms. The minimum absolute atomic E-state index is 0.103. The van der Waals surface area contributed by atoms with Gasteiger partial charge in [0.25, 0.3) is 5.91 Å². The molecule has 1 saturated heterocycles. The van der Waals surface area contributed by atoms with Gasteiger partial charge in [0.15, 0.2) is 0 Å². The number of benzene rings is 3. The molecule has 0 unspecified atom stereocenters. The van der Waals surface area contributed by atoms with Crippen LogP contribution in [0.4, 0.5) is 11.4 Å². The number of nitrogens with zero attached hydrogens (tertiary/aromatic N) is 1. The van der Waals surface area contributed by atoms with Crippen LogP contribution >= 0.6 is 0 Å². The van der Waals surface area contributed by atoms with Gasteiger partial charge in [-0.05, 0) is 35.4 Å². The molecule has 1 N–H and O–H groups in total. The SMILES string of the molecule is O=C(Nc1ccccc1N1CCOCC1)c1cccc(-c2ccccc2)c1. The lowest BCUT2D eigenvalue weighted by Crippen LogP contribution is -2.36. The van der Waals surface area contributed by atoms with Gasteiger partial charge in [-0.15, -0.1) is 0 Å². The lowest BCUT2D eigenvalue weighted by Gasteiger charge is -2.30. The third-order valence-corrected chi connectivity index (χ3v) is 4.74. The van der Waals surface area contributed by atoms with E-state index in [2.05, 4.69) is 10.2 Å². The first kappa shape index (κ1) is 17.3. The molecule has 0 bridgehead atoms. The zero-order valence-electron chi connectivity index (χ0n) is 15.1. The molecule has 0 radical (unpaired) electrons. The Morgan fingerprint density at radius 1 is 0.815 bits per heavy atom. The van der Waals surface area contributed by atoms with Crippen LogP contribution in [0.2, 0.25) is 0 Å². The summed E-state index contributed by atoms with van der Waals surface area (Å²) < 4.78 is 5.44. The van der Waals surface area contributed by atoms with E-state index in [9.17, 15) is 4.79 Å². The second kappa shape index (κ2) is 8.06. The van der Waals surface area contributed by atoms with E-state index in [4.69, 9.17) is 4.74 Å². The van der Waals surface area contributed by atoms with Crippen LogP contribution in [0.15, 0.2) is 78.9 Å². The van der Waals surface area contributed by atoms with E-state index in [1.165, 1.54) is 0 Å². The van der Waals surface area contributed by atoms with Crippen LogP contribution in [0.1, 0.15) is 10.4 Å². The van der Waals surface area contributed by atoms with Crippen LogP contribution in [0.5, 0.6) is 0 Å². The van der Waals surface area contributed by atoms with Crippen LogP contribution < -0.4 is 10.2 Å². The third kappa shape index (κ3) is 4.01. The molecule has 136 valence electrons. The second-order valence-corrected chi connectivity index (χ2v) is 6.52. The van der Waals surface area contributed by atoms with Gasteiger partial charge in [-0.3, -0.25) is 4.79 Å². The number of anilines is 2. The standard InChI is InChI=1S/C23H22N2O2/c26-23(20-10-6-9-19(17-20)18-7-2-1-3-8-18)24-21-11-4-5-12-22(21)25-13-15-27-16-14-25/h1-12,17H,13-16H2,(H,24,26). The van der Waals surface area contributed by atoms with Crippen molar-refractivity contribution in [2.45, 2.75) is 0 Å². The Bertz CT molecular complexity index is 918. The highest BCUT2D eigenvalue weighted by Gasteiger charge is 2.16. The molecule has 3 aromatic rings. The van der Waals surface area contributed by atoms with Crippen molar-refractivity contribution in [1.29, 1.82) is 0 Å². The van der Waals surface area contributed by atoms with E-state index < -0.39 is 0 Å². The third-order valence-electron chi connectivity index (χ3n) is 4.74. The zero-order valence-corrected chi connectivity index (χ0v) is 15.1. The maximum atomic E-state index is 12.9. The van der Waals surface area contributed by atoms with Gasteiger partial charge in [-0.2, -0.15) is 0 Å². The number of carbonyl (C=O) groups is 1. The average molecular weight is 358 g/mol. The average Bonchev–Trinajstić information content (AvgIpc) is 2.75. The Balaban J connectivity index is 1.57. The predicted molar refractivity (Wildman–Crippen MR) is 109 cm³/mol. The largest absolute Gasteiger partial charge is 0.378 e. The number of ether oxygens (including phenoxy) is 1. The van der Waals surface area contributed by atoms with E-state index in [1.54, 1.807) is 0 Å². The van der Waals surface area contributed by atoms with E-state index in [0.717, 1.165) is 35.6 Å². The predicted octanol–water partition coefficient (Wildman–Crippen LogP) is 4.44. The summed E-state index contributed by atoms with van der Waals surface area (Å²) in [6, 6.07) is 25.7. The van der Waals surface area contributed by atoms with Crippen LogP contribution in [-0.2, 0) is 4.74 Å². The number of para-hydroxylation sites is 2. The molecule has 3 aromatic carbocycles. The first-order chi connectivity index (χ1) is 13.3. The molecule has 1 aliphatic heterocycles. The summed E-state index contributed by atoms with van der Waals surface area (Å²) in [5, 5.41) is 3.08. The minimum Gasteiger partial charge on any atom is -0.378 e. The Kier molecular flexibility index (Phi) is 5.17. The van der Waals surface area contributed by atoms with Gasteiger partial charge in [0, 0.05) is 18.7 Å². The topological polar surface area (TPSA) is 41.6 Å². The molecule has 0 atom stereocenters. The molecule has 1 amide bonds. The summed E-state index contributed by atoms with van der Waals surface area (Å²) in [7, 11) is 0. The summed E-state index contributed by atoms with van der Waals surface area (Å²) >= 11 is 0. The first-order valence-electron chi connectivity index (χ1n) is 9.20. The quantitative estimate of drug-likeness (QED) is 0.749. The van der Waals surface area contributed by atoms with Crippen LogP contribution in [-0.4, -0.2) is 32.2 Å². The monoisotopic (exact) mass is 358 g/mol. The van der Waals surface area contributed by atoms with Crippen LogP contribution in [0, 0.1) is 0 Å². The Morgan fingerprint density at radius 2 is 1.52 bits per heavy atom. The Labute approximate surface area is 159 Å². The number of rotatable bonds is 4. The maximum absolute atomic E-state index is 12.9. The van der Waals surface area contributed by atoms with Crippen molar-refractivity contribution in [1.82, 2.24) is 0 Å². The van der Waals surface area contributed by atoms with Gasteiger partial charge in [0.2, 0.25) is 0 Å². The molecule has 4 heteroatoms. The van der Waals surface area contributed by atoms with Gasteiger partial charge >= 0.3 is 0 Å². The molecule has 0 spiro atoms. The van der Waals surface area contributed by atoms with Crippen molar-refractivity contribution in [2.75, 3.05) is 36.5 Å². The fraction of sp³-hybridized carbons (Fsp3) is 0.174. The molecule has 4 nitrogen and oxygen atoms in total. The number of carbonyl (C=O) groups excluding carboxylic acids is 1. The van der Waals surface area contributed by atoms with Crippen molar-refractivity contribution in [3.8, 4) is 11.1 Å². The van der Waals surface area contributed by atoms with Gasteiger partial charge < -0.3 is 15.0 Å². The number of amides is 1. The Morgan fingerprint density at radius 3 is 2.33 bits per heavy atom. The summed E-state index contributed by atoms with van der Waals surface area (Å²) in [6.07, 6.45) is 0. The van der Waals surface area contributed by atoms with Crippen molar-refractivity contribution >= 4 is 17.3 Å². The summed E-state index contributed by atoms with van der Waals surface area (Å²) in [5.41, 5.74) is 4.64. The van der Waals surface area contributed by atoms with Gasteiger partial charge in [0.1, 0.15) is 0 Å². The molecule has 4 rings (SSSR count). The summed E-state index contributed by atoms with van der Waals surface area (Å²) in [6.45, 7) is 3.08. The van der Waals surface area contributed by atoms with E-state index in [0.29, 0.717) is 18.8 Å². The van der Waals surface area contributed by atoms with E-state index in [1.807, 2.05) is 78.9 Å². The molecule has 0 aliphatic carbocycles. The Hall–Kier alpha value is -3.11. The fourth-order valence-electron chi connectivity index (χ4n) is 3.32. The smallest absolute Gasteiger partial charge is 0.255 e. The highest BCUT2D eigenvalue weighted by Crippen LogP contribution is 2.27. The molecule has 1 aliphatic rings. The van der Waals surface area contributed by atoms with Crippen molar-refractivity contribution in [3.05, 3.63) is 84.4 Å². The molecular formula is C23H22N2O2. The fourth-order valence-corrected chi connectivity index (χ4v) is 3.32. The van der Waals surface area contributed by atoms with Gasteiger partial charge in [-0.1, -0.05) is 54.6 Å². The van der Waals surface area contributed by atoms with E-state index >= 15 is 0 Å². The number of morpholine rings is 1. The van der Waals surface area contributed by atoms with Crippen LogP contribution in [0.25, 0.3) is 11.1 Å². The lowest BCUT2D eigenvalue weighted by atomic mass is 10.0.